The molecule has 2 aliphatic rings. The van der Waals surface area contributed by atoms with Crippen molar-refractivity contribution >= 4 is 24.1 Å². The number of thioether (sulfide) groups is 1. The van der Waals surface area contributed by atoms with Gasteiger partial charge in [0.2, 0.25) is 6.41 Å². The molecule has 210 valence electrons. The summed E-state index contributed by atoms with van der Waals surface area (Å²) in [5, 5.41) is 12.2. The van der Waals surface area contributed by atoms with E-state index in [4.69, 9.17) is 9.53 Å². The third kappa shape index (κ3) is 15.1. The SMILES string of the molecule is C1NC2CSCC2N1.CCCCCCN(C)C(=O)c1ccc(CNCOC/C=C/CF)cc1.CNC=O. The third-order valence-corrected chi connectivity index (χ3v) is 7.01. The smallest absolute Gasteiger partial charge is 0.253 e. The largest absolute Gasteiger partial charge is 0.362 e. The molecule has 4 N–H and O–H groups in total. The second-order valence-electron chi connectivity index (χ2n) is 8.79. The third-order valence-electron chi connectivity index (χ3n) is 5.82. The number of alkyl halides is 1. The van der Waals surface area contributed by atoms with E-state index in [1.54, 1.807) is 18.0 Å². The molecule has 2 heterocycles. The Morgan fingerprint density at radius 3 is 2.43 bits per heavy atom. The predicted octanol–water partition coefficient (Wildman–Crippen LogP) is 2.91. The number of allylic oxidation sites excluding steroid dienone is 1. The maximum absolute atomic E-state index is 12.4. The number of hydrogen-bond acceptors (Lipinski definition) is 7. The number of hydrogen-bond donors (Lipinski definition) is 4. The van der Waals surface area contributed by atoms with Gasteiger partial charge in [0.1, 0.15) is 6.67 Å². The molecule has 2 saturated heterocycles. The molecule has 3 rings (SSSR count). The van der Waals surface area contributed by atoms with E-state index in [9.17, 15) is 9.18 Å². The van der Waals surface area contributed by atoms with Gasteiger partial charge in [0, 0.05) is 63.0 Å². The maximum atomic E-state index is 12.4. The van der Waals surface area contributed by atoms with Crippen LogP contribution in [-0.4, -0.2) is 88.1 Å². The summed E-state index contributed by atoms with van der Waals surface area (Å²) in [5.74, 6) is 2.67. The highest BCUT2D eigenvalue weighted by Gasteiger charge is 2.30. The van der Waals surface area contributed by atoms with Gasteiger partial charge >= 0.3 is 0 Å². The molecule has 0 saturated carbocycles. The highest BCUT2D eigenvalue weighted by molar-refractivity contribution is 7.99. The maximum Gasteiger partial charge on any atom is 0.253 e. The molecule has 0 aromatic heterocycles. The van der Waals surface area contributed by atoms with Gasteiger partial charge in [-0.2, -0.15) is 11.8 Å². The van der Waals surface area contributed by atoms with Gasteiger partial charge in [-0.25, -0.2) is 4.39 Å². The Balaban J connectivity index is 0.000000460. The van der Waals surface area contributed by atoms with Crippen molar-refractivity contribution in [2.24, 2.45) is 0 Å². The summed E-state index contributed by atoms with van der Waals surface area (Å²) in [6.07, 6.45) is 8.35. The fraction of sp³-hybridized carbons (Fsp3) is 0.630. The lowest BCUT2D eigenvalue weighted by Crippen LogP contribution is -2.31. The van der Waals surface area contributed by atoms with Crippen molar-refractivity contribution in [2.45, 2.75) is 51.2 Å². The molecule has 8 nitrogen and oxygen atoms in total. The lowest BCUT2D eigenvalue weighted by atomic mass is 10.1. The molecule has 2 unspecified atom stereocenters. The van der Waals surface area contributed by atoms with Crippen LogP contribution in [0.5, 0.6) is 0 Å². The first-order chi connectivity index (χ1) is 18.1. The molecule has 2 atom stereocenters. The molecule has 0 bridgehead atoms. The van der Waals surface area contributed by atoms with E-state index in [0.29, 0.717) is 31.9 Å². The first-order valence-corrected chi connectivity index (χ1v) is 14.2. The number of rotatable bonds is 14. The molecule has 0 radical (unpaired) electrons. The summed E-state index contributed by atoms with van der Waals surface area (Å²) < 4.78 is 17.1. The van der Waals surface area contributed by atoms with E-state index >= 15 is 0 Å². The minimum atomic E-state index is -0.463. The summed E-state index contributed by atoms with van der Waals surface area (Å²) in [5.41, 5.74) is 1.81. The molecule has 0 spiro atoms. The highest BCUT2D eigenvalue weighted by Crippen LogP contribution is 2.20. The number of nitrogens with zero attached hydrogens (tertiary/aromatic N) is 1. The van der Waals surface area contributed by atoms with Crippen LogP contribution in [0.2, 0.25) is 0 Å². The monoisotopic (exact) mass is 539 g/mol. The lowest BCUT2D eigenvalue weighted by molar-refractivity contribution is -0.109. The number of carbonyl (C=O) groups excluding carboxylic acids is 2. The van der Waals surface area contributed by atoms with Crippen molar-refractivity contribution in [2.75, 3.05) is 58.8 Å². The van der Waals surface area contributed by atoms with E-state index < -0.39 is 6.67 Å². The summed E-state index contributed by atoms with van der Waals surface area (Å²) >= 11 is 2.04. The topological polar surface area (TPSA) is 94.7 Å². The van der Waals surface area contributed by atoms with Gasteiger partial charge in [-0.05, 0) is 24.1 Å². The Morgan fingerprint density at radius 1 is 1.16 bits per heavy atom. The van der Waals surface area contributed by atoms with Crippen LogP contribution < -0.4 is 21.3 Å². The fourth-order valence-corrected chi connectivity index (χ4v) is 5.01. The van der Waals surface area contributed by atoms with Crippen LogP contribution in [0.4, 0.5) is 4.39 Å². The average molecular weight is 540 g/mol. The van der Waals surface area contributed by atoms with Crippen LogP contribution in [0.3, 0.4) is 0 Å². The molecule has 37 heavy (non-hydrogen) atoms. The number of amides is 2. The second-order valence-corrected chi connectivity index (χ2v) is 9.87. The molecule has 2 aliphatic heterocycles. The molecular weight excluding hydrogens is 493 g/mol. The lowest BCUT2D eigenvalue weighted by Gasteiger charge is -2.17. The zero-order valence-electron chi connectivity index (χ0n) is 22.6. The second kappa shape index (κ2) is 22.0. The molecule has 2 amide bonds. The summed E-state index contributed by atoms with van der Waals surface area (Å²) in [6, 6.07) is 9.20. The van der Waals surface area contributed by atoms with Crippen molar-refractivity contribution in [1.29, 1.82) is 0 Å². The molecular formula is C27H46FN5O3S. The highest BCUT2D eigenvalue weighted by atomic mass is 32.2. The first-order valence-electron chi connectivity index (χ1n) is 13.1. The Kier molecular flexibility index (Phi) is 19.7. The number of unbranched alkanes of at least 4 members (excludes halogenated alkanes) is 3. The quantitative estimate of drug-likeness (QED) is 0.125. The zero-order chi connectivity index (χ0) is 27.1. The molecule has 10 heteroatoms. The van der Waals surface area contributed by atoms with Gasteiger partial charge in [0.15, 0.2) is 0 Å². The van der Waals surface area contributed by atoms with Crippen molar-refractivity contribution in [1.82, 2.24) is 26.2 Å². The van der Waals surface area contributed by atoms with E-state index in [1.165, 1.54) is 36.8 Å². The number of carbonyl (C=O) groups is 2. The molecule has 2 fully saturated rings. The van der Waals surface area contributed by atoms with Gasteiger partial charge in [-0.3, -0.25) is 25.5 Å². The average Bonchev–Trinajstić information content (AvgIpc) is 3.57. The number of halogens is 1. The van der Waals surface area contributed by atoms with Crippen LogP contribution in [0.15, 0.2) is 36.4 Å². The first kappa shape index (κ1) is 33.0. The van der Waals surface area contributed by atoms with Gasteiger partial charge < -0.3 is 15.0 Å². The van der Waals surface area contributed by atoms with Crippen LogP contribution in [-0.2, 0) is 16.1 Å². The Bertz CT molecular complexity index is 734. The summed E-state index contributed by atoms with van der Waals surface area (Å²) in [7, 11) is 3.42. The Hall–Kier alpha value is -1.98. The number of benzene rings is 1. The fourth-order valence-electron chi connectivity index (χ4n) is 3.67. The van der Waals surface area contributed by atoms with E-state index in [2.05, 4.69) is 28.2 Å². The normalized spacial score (nSPS) is 17.8. The standard InChI is InChI=1S/C20H31FN2O2.C5H10N2S.C2H5NO/c1-3-4-5-7-14-23(2)20(24)19-11-9-18(10-12-19)16-22-17-25-15-8-6-13-21;1-4-5(2-8-1)7-3-6-4;1-3-2-4/h6,8-12,22H,3-5,7,13-17H2,1-2H3;4-7H,1-3H2;2H,1H3,(H,3,4)/b8-6+;;. The summed E-state index contributed by atoms with van der Waals surface area (Å²) in [4.78, 5) is 23.2. The number of ether oxygens (including phenoxy) is 1. The van der Waals surface area contributed by atoms with Gasteiger partial charge in [0.05, 0.1) is 13.3 Å². The van der Waals surface area contributed by atoms with Crippen molar-refractivity contribution in [3.8, 4) is 0 Å². The van der Waals surface area contributed by atoms with Crippen molar-refractivity contribution < 1.29 is 18.7 Å². The Morgan fingerprint density at radius 2 is 1.84 bits per heavy atom. The van der Waals surface area contributed by atoms with E-state index in [-0.39, 0.29) is 5.91 Å². The minimum Gasteiger partial charge on any atom is -0.362 e. The van der Waals surface area contributed by atoms with Crippen molar-refractivity contribution in [3.63, 3.8) is 0 Å². The van der Waals surface area contributed by atoms with Crippen molar-refractivity contribution in [3.05, 3.63) is 47.5 Å². The van der Waals surface area contributed by atoms with Gasteiger partial charge in [-0.1, -0.05) is 50.5 Å². The Labute approximate surface area is 226 Å². The summed E-state index contributed by atoms with van der Waals surface area (Å²) in [6.45, 7) is 5.00. The predicted molar refractivity (Wildman–Crippen MR) is 151 cm³/mol. The van der Waals surface area contributed by atoms with Gasteiger partial charge in [0.25, 0.3) is 5.91 Å². The van der Waals surface area contributed by atoms with Crippen LogP contribution in [0.1, 0.15) is 48.5 Å². The number of nitrogens with one attached hydrogen (secondary N) is 4. The molecule has 1 aromatic rings. The number of fused-ring (bicyclic) bond motifs is 1. The minimum absolute atomic E-state index is 0.0685. The molecule has 0 aliphatic carbocycles. The zero-order valence-corrected chi connectivity index (χ0v) is 23.5. The van der Waals surface area contributed by atoms with E-state index in [0.717, 1.165) is 37.3 Å². The van der Waals surface area contributed by atoms with E-state index in [1.807, 2.05) is 43.1 Å². The van der Waals surface area contributed by atoms with Crippen LogP contribution in [0, 0.1) is 0 Å². The van der Waals surface area contributed by atoms with Crippen LogP contribution in [0.25, 0.3) is 0 Å². The van der Waals surface area contributed by atoms with Gasteiger partial charge in [-0.15, -0.1) is 0 Å². The van der Waals surface area contributed by atoms with Crippen LogP contribution >= 0.6 is 11.8 Å². The molecule has 1 aromatic carbocycles.